The fourth-order valence-electron chi connectivity index (χ4n) is 4.50. The van der Waals surface area contributed by atoms with Crippen molar-refractivity contribution in [1.82, 2.24) is 15.5 Å². The molecule has 0 radical (unpaired) electrons. The molecule has 1 amide bonds. The molecule has 33 heavy (non-hydrogen) atoms. The maximum absolute atomic E-state index is 12.0. The Morgan fingerprint density at radius 3 is 2.67 bits per heavy atom. The van der Waals surface area contributed by atoms with Crippen LogP contribution < -0.4 is 10.1 Å². The second-order valence-electron chi connectivity index (χ2n) is 8.52. The quantitative estimate of drug-likeness (QED) is 0.519. The van der Waals surface area contributed by atoms with E-state index in [9.17, 15) is 4.79 Å². The van der Waals surface area contributed by atoms with Crippen LogP contribution in [-0.4, -0.2) is 36.0 Å². The van der Waals surface area contributed by atoms with E-state index in [-0.39, 0.29) is 17.6 Å². The number of hydrogen-bond donors (Lipinski definition) is 1. The van der Waals surface area contributed by atoms with E-state index in [0.717, 1.165) is 49.0 Å². The summed E-state index contributed by atoms with van der Waals surface area (Å²) in [4.78, 5) is 16.8. The topological polar surface area (TPSA) is 86.5 Å². The van der Waals surface area contributed by atoms with Crippen molar-refractivity contribution < 1.29 is 18.8 Å². The van der Waals surface area contributed by atoms with Crippen molar-refractivity contribution >= 4 is 6.09 Å². The lowest BCUT2D eigenvalue weighted by molar-refractivity contribution is 0.0615. The molecule has 0 aliphatic heterocycles. The van der Waals surface area contributed by atoms with Crippen LogP contribution in [0, 0.1) is 0 Å². The number of amides is 1. The number of carbonyl (C=O) groups is 1. The van der Waals surface area contributed by atoms with E-state index in [0.29, 0.717) is 24.7 Å². The number of nitrogens with zero attached hydrogens (tertiary/aromatic N) is 2. The molecule has 1 fully saturated rings. The van der Waals surface area contributed by atoms with Crippen LogP contribution in [0.15, 0.2) is 59.1 Å². The Bertz CT molecular complexity index is 1040. The summed E-state index contributed by atoms with van der Waals surface area (Å²) in [5.74, 6) is 2.07. The monoisotopic (exact) mass is 449 g/mol. The van der Waals surface area contributed by atoms with Crippen LogP contribution in [0.2, 0.25) is 0 Å². The molecular weight excluding hydrogens is 418 g/mol. The van der Waals surface area contributed by atoms with Gasteiger partial charge in [-0.2, -0.15) is 4.98 Å². The molecule has 0 bridgehead atoms. The number of alkyl carbamates (subject to hydrolysis) is 1. The van der Waals surface area contributed by atoms with Gasteiger partial charge in [-0.05, 0) is 55.4 Å². The van der Waals surface area contributed by atoms with Gasteiger partial charge in [-0.25, -0.2) is 4.79 Å². The van der Waals surface area contributed by atoms with Crippen molar-refractivity contribution in [3.05, 3.63) is 77.4 Å². The zero-order valence-electron chi connectivity index (χ0n) is 19.3. The van der Waals surface area contributed by atoms with Gasteiger partial charge in [0.05, 0.1) is 18.9 Å². The maximum Gasteiger partial charge on any atom is 0.407 e. The minimum Gasteiger partial charge on any atom is -0.497 e. The van der Waals surface area contributed by atoms with E-state index in [1.807, 2.05) is 49.4 Å². The second kappa shape index (κ2) is 10.5. The molecule has 2 aromatic carbocycles. The summed E-state index contributed by atoms with van der Waals surface area (Å²) in [6.07, 6.45) is 4.02. The van der Waals surface area contributed by atoms with Crippen LogP contribution in [-0.2, 0) is 16.6 Å². The van der Waals surface area contributed by atoms with Gasteiger partial charge in [0.1, 0.15) is 11.9 Å². The van der Waals surface area contributed by atoms with Gasteiger partial charge in [-0.1, -0.05) is 54.5 Å². The van der Waals surface area contributed by atoms with Crippen LogP contribution in [0.4, 0.5) is 4.79 Å². The number of aromatic nitrogens is 2. The number of hydrogen-bond acceptors (Lipinski definition) is 6. The van der Waals surface area contributed by atoms with Crippen molar-refractivity contribution in [2.75, 3.05) is 13.7 Å². The number of ether oxygens (including phenoxy) is 2. The Kier molecular flexibility index (Phi) is 7.27. The van der Waals surface area contributed by atoms with Crippen LogP contribution >= 0.6 is 0 Å². The molecule has 0 atom stereocenters. The second-order valence-corrected chi connectivity index (χ2v) is 8.52. The third-order valence-electron chi connectivity index (χ3n) is 6.29. The van der Waals surface area contributed by atoms with Crippen molar-refractivity contribution in [3.8, 4) is 5.75 Å². The highest BCUT2D eigenvalue weighted by Crippen LogP contribution is 2.44. The molecule has 1 aromatic heterocycles. The van der Waals surface area contributed by atoms with E-state index >= 15 is 0 Å². The lowest BCUT2D eigenvalue weighted by Gasteiger charge is -2.38. The Labute approximate surface area is 194 Å². The van der Waals surface area contributed by atoms with Gasteiger partial charge in [-0.3, -0.25) is 0 Å². The molecule has 3 aromatic rings. The van der Waals surface area contributed by atoms with Gasteiger partial charge in [0.25, 0.3) is 0 Å². The highest BCUT2D eigenvalue weighted by atomic mass is 16.6. The van der Waals surface area contributed by atoms with E-state index in [1.54, 1.807) is 7.11 Å². The average molecular weight is 450 g/mol. The fraction of sp³-hybridized carbons (Fsp3) is 0.423. The van der Waals surface area contributed by atoms with E-state index in [2.05, 4.69) is 22.6 Å². The minimum atomic E-state index is -0.364. The van der Waals surface area contributed by atoms with Gasteiger partial charge in [0.15, 0.2) is 5.82 Å². The van der Waals surface area contributed by atoms with Crippen molar-refractivity contribution in [3.63, 3.8) is 0 Å². The van der Waals surface area contributed by atoms with Gasteiger partial charge < -0.3 is 19.3 Å². The Balaban J connectivity index is 1.52. The summed E-state index contributed by atoms with van der Waals surface area (Å²) in [5.41, 5.74) is 1.85. The molecule has 174 valence electrons. The molecule has 1 aliphatic rings. The first kappa shape index (κ1) is 22.8. The number of carbonyl (C=O) groups excluding carboxylic acids is 1. The van der Waals surface area contributed by atoms with Gasteiger partial charge in [0, 0.05) is 6.54 Å². The van der Waals surface area contributed by atoms with E-state index in [1.165, 1.54) is 0 Å². The van der Waals surface area contributed by atoms with Crippen molar-refractivity contribution in [1.29, 1.82) is 0 Å². The van der Waals surface area contributed by atoms with Crippen LogP contribution in [0.5, 0.6) is 5.75 Å². The number of benzene rings is 2. The van der Waals surface area contributed by atoms with Crippen molar-refractivity contribution in [2.45, 2.75) is 57.0 Å². The molecule has 1 aliphatic carbocycles. The van der Waals surface area contributed by atoms with E-state index < -0.39 is 0 Å². The van der Waals surface area contributed by atoms with Gasteiger partial charge in [-0.15, -0.1) is 0 Å². The highest BCUT2D eigenvalue weighted by Gasteiger charge is 2.43. The summed E-state index contributed by atoms with van der Waals surface area (Å²) in [6, 6.07) is 18.2. The summed E-state index contributed by atoms with van der Waals surface area (Å²) in [6.45, 7) is 2.64. The minimum absolute atomic E-state index is 0.109. The molecule has 1 saturated carbocycles. The molecule has 7 heteroatoms. The van der Waals surface area contributed by atoms with E-state index in [4.69, 9.17) is 19.0 Å². The predicted molar refractivity (Wildman–Crippen MR) is 124 cm³/mol. The van der Waals surface area contributed by atoms with Gasteiger partial charge in [0.2, 0.25) is 5.89 Å². The third kappa shape index (κ3) is 5.35. The molecule has 7 nitrogen and oxygen atoms in total. The molecular formula is C26H31N3O4. The lowest BCUT2D eigenvalue weighted by atomic mass is 9.68. The predicted octanol–water partition coefficient (Wildman–Crippen LogP) is 5.03. The Morgan fingerprint density at radius 2 is 1.94 bits per heavy atom. The molecule has 0 spiro atoms. The Hall–Kier alpha value is -3.35. The molecule has 1 heterocycles. The largest absolute Gasteiger partial charge is 0.497 e. The summed E-state index contributed by atoms with van der Waals surface area (Å²) in [7, 11) is 1.65. The first-order valence-corrected chi connectivity index (χ1v) is 11.6. The van der Waals surface area contributed by atoms with Crippen molar-refractivity contribution in [2.24, 2.45) is 0 Å². The zero-order valence-corrected chi connectivity index (χ0v) is 19.3. The van der Waals surface area contributed by atoms with Crippen LogP contribution in [0.25, 0.3) is 0 Å². The highest BCUT2D eigenvalue weighted by molar-refractivity contribution is 5.67. The molecule has 4 rings (SSSR count). The fourth-order valence-corrected chi connectivity index (χ4v) is 4.50. The van der Waals surface area contributed by atoms with Gasteiger partial charge >= 0.3 is 6.09 Å². The first-order valence-electron chi connectivity index (χ1n) is 11.6. The molecule has 0 unspecified atom stereocenters. The molecule has 1 N–H and O–H groups in total. The SMILES string of the molecule is CCCNC(=O)OC1CCC(c2ccccc2)(c2noc(Cc3cccc(OC)c3)n2)CC1. The normalized spacial score (nSPS) is 20.2. The summed E-state index contributed by atoms with van der Waals surface area (Å²) in [5, 5.41) is 7.20. The Morgan fingerprint density at radius 1 is 1.15 bits per heavy atom. The van der Waals surface area contributed by atoms with Crippen LogP contribution in [0.3, 0.4) is 0 Å². The zero-order chi connectivity index (χ0) is 23.1. The number of methoxy groups -OCH3 is 1. The lowest BCUT2D eigenvalue weighted by Crippen LogP contribution is -2.38. The standard InChI is InChI=1S/C26H31N3O4/c1-3-16-27-25(30)32-21-12-14-26(15-13-21,20-9-5-4-6-10-20)24-28-23(33-29-24)18-19-8-7-11-22(17-19)31-2/h4-11,17,21H,3,12-16,18H2,1-2H3,(H,27,30). The first-order chi connectivity index (χ1) is 16.1. The third-order valence-corrected chi connectivity index (χ3v) is 6.29. The summed E-state index contributed by atoms with van der Waals surface area (Å²) < 4.78 is 16.6. The smallest absolute Gasteiger partial charge is 0.407 e. The maximum atomic E-state index is 12.0. The number of nitrogens with one attached hydrogen (secondary N) is 1. The average Bonchev–Trinajstić information content (AvgIpc) is 3.33. The molecule has 0 saturated heterocycles. The summed E-state index contributed by atoms with van der Waals surface area (Å²) >= 11 is 0. The number of rotatable bonds is 8. The van der Waals surface area contributed by atoms with Crippen LogP contribution in [0.1, 0.15) is 61.9 Å².